The van der Waals surface area contributed by atoms with Crippen LogP contribution < -0.4 is 10.1 Å². The molecule has 10 heteroatoms. The van der Waals surface area contributed by atoms with E-state index in [2.05, 4.69) is 15.4 Å². The van der Waals surface area contributed by atoms with Gasteiger partial charge in [0.25, 0.3) is 5.91 Å². The van der Waals surface area contributed by atoms with Gasteiger partial charge in [-0.25, -0.2) is 14.1 Å². The lowest BCUT2D eigenvalue weighted by atomic mass is 10.2. The molecule has 0 saturated carbocycles. The zero-order chi connectivity index (χ0) is 21.8. The molecule has 2 heterocycles. The number of nitrogens with one attached hydrogen (secondary N) is 1. The average Bonchev–Trinajstić information content (AvgIpc) is 3.40. The molecule has 0 atom stereocenters. The Morgan fingerprint density at radius 3 is 2.71 bits per heavy atom. The summed E-state index contributed by atoms with van der Waals surface area (Å²) < 4.78 is 26.4. The van der Waals surface area contributed by atoms with Crippen LogP contribution in [-0.2, 0) is 13.2 Å². The van der Waals surface area contributed by atoms with Crippen molar-refractivity contribution in [1.29, 1.82) is 0 Å². The van der Waals surface area contributed by atoms with E-state index in [1.54, 1.807) is 36.4 Å². The molecule has 2 aromatic carbocycles. The van der Waals surface area contributed by atoms with Gasteiger partial charge in [0.15, 0.2) is 5.76 Å². The summed E-state index contributed by atoms with van der Waals surface area (Å²) in [7, 11) is 0. The molecular formula is C21H15Cl2FN4O3. The monoisotopic (exact) mass is 460 g/mol. The summed E-state index contributed by atoms with van der Waals surface area (Å²) in [5, 5.41) is 7.40. The van der Waals surface area contributed by atoms with Crippen LogP contribution in [0.15, 0.2) is 65.3 Å². The van der Waals surface area contributed by atoms with E-state index in [1.165, 1.54) is 29.2 Å². The maximum Gasteiger partial charge on any atom is 0.293 e. The molecule has 0 saturated heterocycles. The van der Waals surface area contributed by atoms with E-state index >= 15 is 0 Å². The van der Waals surface area contributed by atoms with Crippen LogP contribution in [0, 0.1) is 5.82 Å². The number of carbonyl (C=O) groups is 1. The van der Waals surface area contributed by atoms with Gasteiger partial charge in [-0.1, -0.05) is 41.4 Å². The van der Waals surface area contributed by atoms with Crippen molar-refractivity contribution in [2.45, 2.75) is 13.2 Å². The highest BCUT2D eigenvalue weighted by molar-refractivity contribution is 6.32. The average molecular weight is 461 g/mol. The molecule has 0 bridgehead atoms. The number of ether oxygens (including phenoxy) is 1. The summed E-state index contributed by atoms with van der Waals surface area (Å²) in [6.07, 6.45) is 1.36. The molecule has 158 valence electrons. The number of furan rings is 1. The van der Waals surface area contributed by atoms with Crippen molar-refractivity contribution in [3.63, 3.8) is 0 Å². The lowest BCUT2D eigenvalue weighted by Crippen LogP contribution is -2.13. The number of nitrogens with zero attached hydrogens (tertiary/aromatic N) is 3. The van der Waals surface area contributed by atoms with E-state index in [0.717, 1.165) is 0 Å². The topological polar surface area (TPSA) is 82.2 Å². The molecule has 0 aliphatic rings. The number of carbonyl (C=O) groups excluding carboxylic acids is 1. The minimum absolute atomic E-state index is 0.0442. The number of benzene rings is 2. The molecule has 0 radical (unpaired) electrons. The van der Waals surface area contributed by atoms with Crippen LogP contribution in [0.5, 0.6) is 5.75 Å². The summed E-state index contributed by atoms with van der Waals surface area (Å²) in [4.78, 5) is 16.4. The predicted octanol–water partition coefficient (Wildman–Crippen LogP) is 5.20. The molecule has 0 spiro atoms. The molecule has 0 aliphatic carbocycles. The SMILES string of the molecule is O=C(Nc1ncn(Cc2c(F)cccc2Cl)n1)c1ccc(COc2ccccc2Cl)o1. The molecule has 4 aromatic rings. The van der Waals surface area contributed by atoms with Crippen molar-refractivity contribution < 1.29 is 18.3 Å². The second-order valence-electron chi connectivity index (χ2n) is 6.41. The normalized spacial score (nSPS) is 10.8. The van der Waals surface area contributed by atoms with Gasteiger partial charge in [-0.2, -0.15) is 0 Å². The maximum atomic E-state index is 13.9. The Morgan fingerprint density at radius 1 is 1.10 bits per heavy atom. The molecule has 0 fully saturated rings. The third-order valence-electron chi connectivity index (χ3n) is 4.24. The fourth-order valence-corrected chi connectivity index (χ4v) is 3.14. The standard InChI is InChI=1S/C21H15Cl2FN4O3/c22-15-5-3-6-17(24)14(15)10-28-12-25-21(27-28)26-20(29)19-9-8-13(31-19)11-30-18-7-2-1-4-16(18)23/h1-9,12H,10-11H2,(H,26,27,29). The smallest absolute Gasteiger partial charge is 0.293 e. The number of hydrogen-bond donors (Lipinski definition) is 1. The molecule has 0 aliphatic heterocycles. The summed E-state index contributed by atoms with van der Waals surface area (Å²) in [6, 6.07) is 14.6. The third-order valence-corrected chi connectivity index (χ3v) is 4.90. The summed E-state index contributed by atoms with van der Waals surface area (Å²) in [5.41, 5.74) is 0.279. The number of rotatable bonds is 7. The van der Waals surface area contributed by atoms with Gasteiger partial charge < -0.3 is 9.15 Å². The molecule has 7 nitrogen and oxygen atoms in total. The van der Waals surface area contributed by atoms with E-state index in [0.29, 0.717) is 16.5 Å². The summed E-state index contributed by atoms with van der Waals surface area (Å²) >= 11 is 12.1. The van der Waals surface area contributed by atoms with Gasteiger partial charge in [-0.15, -0.1) is 5.10 Å². The van der Waals surface area contributed by atoms with E-state index in [-0.39, 0.29) is 35.4 Å². The maximum absolute atomic E-state index is 13.9. The largest absolute Gasteiger partial charge is 0.484 e. The van der Waals surface area contributed by atoms with Crippen molar-refractivity contribution in [2.24, 2.45) is 0 Å². The molecule has 2 aromatic heterocycles. The van der Waals surface area contributed by atoms with Crippen LogP contribution in [0.25, 0.3) is 0 Å². The first-order chi connectivity index (χ1) is 15.0. The van der Waals surface area contributed by atoms with Gasteiger partial charge in [0, 0.05) is 10.6 Å². The minimum Gasteiger partial charge on any atom is -0.484 e. The van der Waals surface area contributed by atoms with Gasteiger partial charge in [0.2, 0.25) is 5.95 Å². The first-order valence-corrected chi connectivity index (χ1v) is 9.85. The van der Waals surface area contributed by atoms with Gasteiger partial charge in [-0.05, 0) is 36.4 Å². The van der Waals surface area contributed by atoms with Crippen LogP contribution in [0.3, 0.4) is 0 Å². The third kappa shape index (κ3) is 5.04. The van der Waals surface area contributed by atoms with Crippen LogP contribution in [0.2, 0.25) is 10.0 Å². The lowest BCUT2D eigenvalue weighted by Gasteiger charge is -2.05. The predicted molar refractivity (Wildman–Crippen MR) is 113 cm³/mol. The van der Waals surface area contributed by atoms with Crippen LogP contribution >= 0.6 is 23.2 Å². The van der Waals surface area contributed by atoms with Gasteiger partial charge in [0.05, 0.1) is 11.6 Å². The number of hydrogen-bond acceptors (Lipinski definition) is 5. The fourth-order valence-electron chi connectivity index (χ4n) is 2.72. The summed E-state index contributed by atoms with van der Waals surface area (Å²) in [6.45, 7) is 0.173. The number of anilines is 1. The van der Waals surface area contributed by atoms with Crippen LogP contribution in [-0.4, -0.2) is 20.7 Å². The number of amides is 1. The lowest BCUT2D eigenvalue weighted by molar-refractivity contribution is 0.0991. The minimum atomic E-state index is -0.536. The van der Waals surface area contributed by atoms with Crippen molar-refractivity contribution in [3.8, 4) is 5.75 Å². The Labute approximate surface area is 186 Å². The van der Waals surface area contributed by atoms with Crippen molar-refractivity contribution in [1.82, 2.24) is 14.8 Å². The Morgan fingerprint density at radius 2 is 1.90 bits per heavy atom. The highest BCUT2D eigenvalue weighted by atomic mass is 35.5. The van der Waals surface area contributed by atoms with Crippen LogP contribution in [0.1, 0.15) is 21.9 Å². The number of aromatic nitrogens is 3. The van der Waals surface area contributed by atoms with Gasteiger partial charge in [-0.3, -0.25) is 10.1 Å². The number of halogens is 3. The zero-order valence-corrected chi connectivity index (χ0v) is 17.4. The van der Waals surface area contributed by atoms with Gasteiger partial charge in [0.1, 0.15) is 30.3 Å². The Kier molecular flexibility index (Phi) is 6.20. The quantitative estimate of drug-likeness (QED) is 0.409. The second-order valence-corrected chi connectivity index (χ2v) is 7.22. The molecule has 0 unspecified atom stereocenters. The van der Waals surface area contributed by atoms with E-state index in [9.17, 15) is 9.18 Å². The molecule has 1 N–H and O–H groups in total. The molecule has 1 amide bonds. The first kappa shape index (κ1) is 20.9. The highest BCUT2D eigenvalue weighted by Gasteiger charge is 2.15. The van der Waals surface area contributed by atoms with Crippen LogP contribution in [0.4, 0.5) is 10.3 Å². The van der Waals surface area contributed by atoms with Gasteiger partial charge >= 0.3 is 0 Å². The summed E-state index contributed by atoms with van der Waals surface area (Å²) in [5.74, 6) is 0.0735. The molecule has 4 rings (SSSR count). The van der Waals surface area contributed by atoms with Crippen molar-refractivity contribution in [3.05, 3.63) is 93.9 Å². The van der Waals surface area contributed by atoms with E-state index < -0.39 is 11.7 Å². The van der Waals surface area contributed by atoms with Crippen molar-refractivity contribution in [2.75, 3.05) is 5.32 Å². The second kappa shape index (κ2) is 9.20. The van der Waals surface area contributed by atoms with E-state index in [4.69, 9.17) is 32.4 Å². The van der Waals surface area contributed by atoms with E-state index in [1.807, 2.05) is 0 Å². The fraction of sp³-hybridized carbons (Fsp3) is 0.0952. The Balaban J connectivity index is 1.36. The molecule has 31 heavy (non-hydrogen) atoms. The number of para-hydroxylation sites is 1. The van der Waals surface area contributed by atoms with Crippen molar-refractivity contribution >= 4 is 35.1 Å². The Hall–Kier alpha value is -3.36. The highest BCUT2D eigenvalue weighted by Crippen LogP contribution is 2.24. The Bertz CT molecular complexity index is 1200. The zero-order valence-electron chi connectivity index (χ0n) is 15.9. The molecular weight excluding hydrogens is 446 g/mol. The first-order valence-electron chi connectivity index (χ1n) is 9.09.